The molecule has 2 heterocycles. The van der Waals surface area contributed by atoms with Gasteiger partial charge in [0.15, 0.2) is 5.13 Å². The van der Waals surface area contributed by atoms with Crippen LogP contribution in [0.4, 0.5) is 10.8 Å². The molecule has 1 aliphatic rings. The molecule has 1 unspecified atom stereocenters. The van der Waals surface area contributed by atoms with E-state index in [-0.39, 0.29) is 0 Å². The number of thiazole rings is 1. The van der Waals surface area contributed by atoms with Crippen LogP contribution in [0.2, 0.25) is 0 Å². The zero-order valence-electron chi connectivity index (χ0n) is 15.0. The fourth-order valence-electron chi connectivity index (χ4n) is 2.79. The molecule has 0 aliphatic carbocycles. The maximum atomic E-state index is 12.8. The lowest BCUT2D eigenvalue weighted by Gasteiger charge is -2.33. The van der Waals surface area contributed by atoms with Gasteiger partial charge in [-0.3, -0.25) is 14.9 Å². The summed E-state index contributed by atoms with van der Waals surface area (Å²) in [6.45, 7) is 3.35. The maximum Gasteiger partial charge on any atom is 0.280 e. The van der Waals surface area contributed by atoms with Crippen molar-refractivity contribution in [2.24, 2.45) is 0 Å². The number of ether oxygens (including phenoxy) is 2. The van der Waals surface area contributed by atoms with Crippen LogP contribution in [0.5, 0.6) is 11.5 Å². The Balaban J connectivity index is 1.60. The highest BCUT2D eigenvalue weighted by atomic mass is 32.1. The lowest BCUT2D eigenvalue weighted by molar-refractivity contribution is -0.143. The molecule has 3 aromatic rings. The van der Waals surface area contributed by atoms with Gasteiger partial charge in [-0.1, -0.05) is 17.4 Å². The number of fused-ring (bicyclic) bond motifs is 2. The molecule has 0 bridgehead atoms. The van der Waals surface area contributed by atoms with Gasteiger partial charge in [0.2, 0.25) is 0 Å². The van der Waals surface area contributed by atoms with Crippen LogP contribution >= 0.6 is 11.3 Å². The Labute approximate surface area is 159 Å². The normalized spacial score (nSPS) is 18.4. The topological polar surface area (TPSA) is 89.6 Å². The number of carbonyl (C=O) groups is 2. The molecular formula is C19H17N3O4S. The lowest BCUT2D eigenvalue weighted by atomic mass is 10.0. The van der Waals surface area contributed by atoms with Crippen molar-refractivity contribution in [3.05, 3.63) is 42.0 Å². The average molecular weight is 383 g/mol. The summed E-state index contributed by atoms with van der Waals surface area (Å²) in [7, 11) is 1.59. The van der Waals surface area contributed by atoms with Gasteiger partial charge in [-0.15, -0.1) is 0 Å². The van der Waals surface area contributed by atoms with Crippen LogP contribution in [-0.4, -0.2) is 29.5 Å². The van der Waals surface area contributed by atoms with Gasteiger partial charge in [0.25, 0.3) is 17.4 Å². The lowest BCUT2D eigenvalue weighted by Crippen LogP contribution is -2.56. The van der Waals surface area contributed by atoms with E-state index >= 15 is 0 Å². The number of methoxy groups -OCH3 is 1. The van der Waals surface area contributed by atoms with Crippen molar-refractivity contribution in [1.29, 1.82) is 0 Å². The Hall–Kier alpha value is -3.13. The quantitative estimate of drug-likeness (QED) is 0.677. The highest BCUT2D eigenvalue weighted by molar-refractivity contribution is 7.22. The molecule has 7 nitrogen and oxygen atoms in total. The van der Waals surface area contributed by atoms with E-state index in [1.165, 1.54) is 18.3 Å². The fourth-order valence-corrected chi connectivity index (χ4v) is 3.68. The Morgan fingerprint density at radius 3 is 2.89 bits per heavy atom. The third-order valence-electron chi connectivity index (χ3n) is 4.38. The maximum absolute atomic E-state index is 12.8. The van der Waals surface area contributed by atoms with E-state index in [9.17, 15) is 9.59 Å². The molecule has 2 amide bonds. The van der Waals surface area contributed by atoms with Crippen molar-refractivity contribution in [2.75, 3.05) is 17.7 Å². The summed E-state index contributed by atoms with van der Waals surface area (Å²) in [6.07, 6.45) is 0. The molecule has 2 aromatic carbocycles. The largest absolute Gasteiger partial charge is 0.497 e. The summed E-state index contributed by atoms with van der Waals surface area (Å²) >= 11 is 1.30. The molecule has 0 saturated heterocycles. The molecular weight excluding hydrogens is 366 g/mol. The first kappa shape index (κ1) is 17.3. The number of aryl methyl sites for hydroxylation is 1. The number of aromatic nitrogens is 1. The number of nitrogens with zero attached hydrogens (tertiary/aromatic N) is 1. The SMILES string of the molecule is COc1ccc2nc(NC(=O)C3(C)Oc4ccc(C)cc4NC3=O)sc2c1. The molecule has 138 valence electrons. The van der Waals surface area contributed by atoms with Crippen LogP contribution in [-0.2, 0) is 9.59 Å². The van der Waals surface area contributed by atoms with Gasteiger partial charge in [0.05, 0.1) is 23.0 Å². The number of benzene rings is 2. The van der Waals surface area contributed by atoms with Crippen LogP contribution in [0.25, 0.3) is 10.2 Å². The van der Waals surface area contributed by atoms with E-state index in [0.29, 0.717) is 22.3 Å². The van der Waals surface area contributed by atoms with E-state index in [2.05, 4.69) is 15.6 Å². The highest BCUT2D eigenvalue weighted by Gasteiger charge is 2.47. The number of hydrogen-bond acceptors (Lipinski definition) is 6. The molecule has 2 N–H and O–H groups in total. The van der Waals surface area contributed by atoms with Crippen molar-refractivity contribution in [1.82, 2.24) is 4.98 Å². The summed E-state index contributed by atoms with van der Waals surface area (Å²) in [5.41, 5.74) is 0.571. The van der Waals surface area contributed by atoms with Gasteiger partial charge in [-0.25, -0.2) is 4.98 Å². The summed E-state index contributed by atoms with van der Waals surface area (Å²) in [6, 6.07) is 10.8. The zero-order valence-corrected chi connectivity index (χ0v) is 15.8. The van der Waals surface area contributed by atoms with Crippen molar-refractivity contribution in [3.63, 3.8) is 0 Å². The van der Waals surface area contributed by atoms with E-state index < -0.39 is 17.4 Å². The Morgan fingerprint density at radius 1 is 1.30 bits per heavy atom. The smallest absolute Gasteiger partial charge is 0.280 e. The summed E-state index contributed by atoms with van der Waals surface area (Å²) < 4.78 is 11.8. The third kappa shape index (κ3) is 2.97. The van der Waals surface area contributed by atoms with Crippen LogP contribution in [0, 0.1) is 6.92 Å². The van der Waals surface area contributed by atoms with Gasteiger partial charge in [0, 0.05) is 0 Å². The highest BCUT2D eigenvalue weighted by Crippen LogP contribution is 2.35. The first-order valence-corrected chi connectivity index (χ1v) is 9.08. The zero-order chi connectivity index (χ0) is 19.2. The number of hydrogen-bond donors (Lipinski definition) is 2. The van der Waals surface area contributed by atoms with Gasteiger partial charge >= 0.3 is 0 Å². The Morgan fingerprint density at radius 2 is 2.11 bits per heavy atom. The summed E-state index contributed by atoms with van der Waals surface area (Å²) in [5.74, 6) is 0.0443. The van der Waals surface area contributed by atoms with Gasteiger partial charge in [-0.2, -0.15) is 0 Å². The van der Waals surface area contributed by atoms with E-state index in [4.69, 9.17) is 9.47 Å². The van der Waals surface area contributed by atoms with E-state index in [0.717, 1.165) is 15.8 Å². The van der Waals surface area contributed by atoms with Gasteiger partial charge < -0.3 is 14.8 Å². The number of anilines is 2. The second kappa shape index (κ2) is 6.24. The van der Waals surface area contributed by atoms with Gasteiger partial charge in [-0.05, 0) is 49.7 Å². The Bertz CT molecular complexity index is 1080. The van der Waals surface area contributed by atoms with Crippen LogP contribution in [0.1, 0.15) is 12.5 Å². The fraction of sp³-hybridized carbons (Fsp3) is 0.211. The van der Waals surface area contributed by atoms with E-state index in [1.54, 1.807) is 25.3 Å². The molecule has 0 fully saturated rings. The predicted octanol–water partition coefficient (Wildman–Crippen LogP) is 3.34. The first-order valence-electron chi connectivity index (χ1n) is 8.26. The monoisotopic (exact) mass is 383 g/mol. The molecule has 27 heavy (non-hydrogen) atoms. The van der Waals surface area contributed by atoms with Crippen molar-refractivity contribution >= 4 is 44.2 Å². The molecule has 1 aromatic heterocycles. The molecule has 0 spiro atoms. The predicted molar refractivity (Wildman–Crippen MR) is 104 cm³/mol. The number of carbonyl (C=O) groups excluding carboxylic acids is 2. The van der Waals surface area contributed by atoms with Crippen LogP contribution in [0.15, 0.2) is 36.4 Å². The molecule has 8 heteroatoms. The van der Waals surface area contributed by atoms with Crippen LogP contribution in [0.3, 0.4) is 0 Å². The minimum Gasteiger partial charge on any atom is -0.497 e. The second-order valence-corrected chi connectivity index (χ2v) is 7.43. The number of rotatable bonds is 3. The second-order valence-electron chi connectivity index (χ2n) is 6.40. The van der Waals surface area contributed by atoms with E-state index in [1.807, 2.05) is 25.1 Å². The number of amides is 2. The first-order chi connectivity index (χ1) is 12.9. The van der Waals surface area contributed by atoms with Gasteiger partial charge in [0.1, 0.15) is 11.5 Å². The van der Waals surface area contributed by atoms with Crippen molar-refractivity contribution in [3.8, 4) is 11.5 Å². The summed E-state index contributed by atoms with van der Waals surface area (Å²) in [4.78, 5) is 29.7. The van der Waals surface area contributed by atoms with Crippen LogP contribution < -0.4 is 20.1 Å². The number of nitrogens with one attached hydrogen (secondary N) is 2. The minimum atomic E-state index is -1.70. The molecule has 1 atom stereocenters. The molecule has 1 aliphatic heterocycles. The van der Waals surface area contributed by atoms with Crippen molar-refractivity contribution in [2.45, 2.75) is 19.4 Å². The molecule has 0 saturated carbocycles. The average Bonchev–Trinajstić information content (AvgIpc) is 3.04. The third-order valence-corrected chi connectivity index (χ3v) is 5.31. The molecule has 4 rings (SSSR count). The minimum absolute atomic E-state index is 0.385. The Kier molecular flexibility index (Phi) is 4.00. The standard InChI is InChI=1S/C19H17N3O4S/c1-10-4-7-14-13(8-10)20-16(23)19(2,26-14)17(24)22-18-21-12-6-5-11(25-3)9-15(12)27-18/h4-9H,1-3H3,(H,20,23)(H,21,22,24). The van der Waals surface area contributed by atoms with Crippen molar-refractivity contribution < 1.29 is 19.1 Å². The molecule has 0 radical (unpaired) electrons. The summed E-state index contributed by atoms with van der Waals surface area (Å²) in [5, 5.41) is 5.82.